The molecule has 6 nitrogen and oxygen atoms in total. The molecule has 8 heteroatoms. The lowest BCUT2D eigenvalue weighted by Crippen LogP contribution is -2.30. The normalized spacial score (nSPS) is 18.8. The van der Waals surface area contributed by atoms with Gasteiger partial charge < -0.3 is 10.1 Å². The van der Waals surface area contributed by atoms with E-state index in [0.717, 1.165) is 65.8 Å². The summed E-state index contributed by atoms with van der Waals surface area (Å²) in [6, 6.07) is 0. The zero-order valence-electron chi connectivity index (χ0n) is 19.1. The molecule has 2 aromatic rings. The zero-order chi connectivity index (χ0) is 22.5. The Kier molecular flexibility index (Phi) is 8.07. The smallest absolute Gasteiger partial charge is 0.263 e. The van der Waals surface area contributed by atoms with Crippen LogP contribution >= 0.6 is 23.1 Å². The van der Waals surface area contributed by atoms with E-state index in [1.54, 1.807) is 15.9 Å². The lowest BCUT2D eigenvalue weighted by Gasteiger charge is -2.16. The number of ether oxygens (including phenoxy) is 1. The number of carbonyl (C=O) groups excluding carboxylic acids is 1. The first-order chi connectivity index (χ1) is 15.6. The lowest BCUT2D eigenvalue weighted by atomic mass is 9.97. The molecule has 1 amide bonds. The molecule has 1 unspecified atom stereocenters. The van der Waals surface area contributed by atoms with Crippen LogP contribution in [0.15, 0.2) is 21.6 Å². The molecule has 4 rings (SSSR count). The number of nitrogens with zero attached hydrogens (tertiary/aromatic N) is 2. The van der Waals surface area contributed by atoms with Gasteiger partial charge in [0.25, 0.3) is 5.56 Å². The Balaban J connectivity index is 1.48. The first-order valence-corrected chi connectivity index (χ1v) is 13.6. The minimum atomic E-state index is -0.0129. The third-order valence-corrected chi connectivity index (χ3v) is 8.34. The quantitative estimate of drug-likeness (QED) is 0.326. The van der Waals surface area contributed by atoms with Crippen LogP contribution in [0.5, 0.6) is 0 Å². The van der Waals surface area contributed by atoms with Crippen molar-refractivity contribution in [2.75, 3.05) is 18.9 Å². The molecular formula is C24H33N3O3S2. The van der Waals surface area contributed by atoms with Gasteiger partial charge in [0.1, 0.15) is 4.83 Å². The Bertz CT molecular complexity index is 1050. The number of aromatic nitrogens is 2. The van der Waals surface area contributed by atoms with E-state index in [1.807, 2.05) is 0 Å². The minimum Gasteiger partial charge on any atom is -0.376 e. The topological polar surface area (TPSA) is 73.2 Å². The van der Waals surface area contributed by atoms with E-state index in [-0.39, 0.29) is 23.3 Å². The fourth-order valence-electron chi connectivity index (χ4n) is 4.60. The van der Waals surface area contributed by atoms with Crippen LogP contribution in [0.3, 0.4) is 0 Å². The van der Waals surface area contributed by atoms with Gasteiger partial charge in [-0.05, 0) is 63.9 Å². The van der Waals surface area contributed by atoms with Gasteiger partial charge in [-0.1, -0.05) is 30.3 Å². The molecule has 1 N–H and O–H groups in total. The van der Waals surface area contributed by atoms with Gasteiger partial charge in [0.05, 0.1) is 23.8 Å². The van der Waals surface area contributed by atoms with Crippen molar-refractivity contribution in [2.45, 2.75) is 83.0 Å². The van der Waals surface area contributed by atoms with Crippen LogP contribution in [0, 0.1) is 6.92 Å². The van der Waals surface area contributed by atoms with Crippen molar-refractivity contribution in [3.05, 3.63) is 32.4 Å². The van der Waals surface area contributed by atoms with Gasteiger partial charge in [-0.15, -0.1) is 11.3 Å². The summed E-state index contributed by atoms with van der Waals surface area (Å²) in [5.74, 6) is 0.245. The Labute approximate surface area is 197 Å². The van der Waals surface area contributed by atoms with Crippen LogP contribution in [0.25, 0.3) is 10.2 Å². The van der Waals surface area contributed by atoms with Crippen molar-refractivity contribution in [3.63, 3.8) is 0 Å². The molecule has 1 aliphatic heterocycles. The number of rotatable bonds is 9. The lowest BCUT2D eigenvalue weighted by molar-refractivity contribution is -0.118. The number of aryl methyl sites for hydroxylation is 2. The maximum absolute atomic E-state index is 13.5. The molecule has 2 aromatic heterocycles. The maximum Gasteiger partial charge on any atom is 0.263 e. The predicted molar refractivity (Wildman–Crippen MR) is 132 cm³/mol. The van der Waals surface area contributed by atoms with Crippen molar-refractivity contribution in [3.8, 4) is 0 Å². The van der Waals surface area contributed by atoms with Gasteiger partial charge in [-0.3, -0.25) is 14.2 Å². The summed E-state index contributed by atoms with van der Waals surface area (Å²) in [6.45, 7) is 6.04. The molecule has 0 radical (unpaired) electrons. The van der Waals surface area contributed by atoms with Crippen molar-refractivity contribution in [1.82, 2.24) is 14.9 Å². The minimum absolute atomic E-state index is 0.00107. The number of amides is 1. The Morgan fingerprint density at radius 3 is 2.97 bits per heavy atom. The average molecular weight is 476 g/mol. The van der Waals surface area contributed by atoms with E-state index in [9.17, 15) is 9.59 Å². The van der Waals surface area contributed by atoms with E-state index in [4.69, 9.17) is 9.72 Å². The third kappa shape index (κ3) is 5.46. The Morgan fingerprint density at radius 1 is 1.38 bits per heavy atom. The summed E-state index contributed by atoms with van der Waals surface area (Å²) in [7, 11) is 0. The standard InChI is InChI=1S/C24H33N3O3S2/c1-3-19-16(2)32-22-21(19)23(29)27(14-18-10-7-13-30-18)24(26-22)31-15-20(28)25-12-11-17-8-5-4-6-9-17/h8,18H,3-7,9-15H2,1-2H3,(H,25,28). The Hall–Kier alpha value is -1.64. The van der Waals surface area contributed by atoms with E-state index in [0.29, 0.717) is 18.2 Å². The highest BCUT2D eigenvalue weighted by molar-refractivity contribution is 7.99. The largest absolute Gasteiger partial charge is 0.376 e. The molecule has 1 atom stereocenters. The van der Waals surface area contributed by atoms with Gasteiger partial charge >= 0.3 is 0 Å². The average Bonchev–Trinajstić information content (AvgIpc) is 3.42. The van der Waals surface area contributed by atoms with Crippen LogP contribution in [0.2, 0.25) is 0 Å². The second-order valence-corrected chi connectivity index (χ2v) is 10.8. The third-order valence-electron chi connectivity index (χ3n) is 6.33. The summed E-state index contributed by atoms with van der Waals surface area (Å²) in [4.78, 5) is 32.7. The van der Waals surface area contributed by atoms with Crippen LogP contribution < -0.4 is 10.9 Å². The molecular weight excluding hydrogens is 442 g/mol. The van der Waals surface area contributed by atoms with Gasteiger partial charge in [0.15, 0.2) is 5.16 Å². The number of carbonyl (C=O) groups is 1. The molecule has 3 heterocycles. The van der Waals surface area contributed by atoms with E-state index in [2.05, 4.69) is 25.2 Å². The van der Waals surface area contributed by atoms with Gasteiger partial charge in [-0.2, -0.15) is 0 Å². The number of nitrogens with one attached hydrogen (secondary N) is 1. The van der Waals surface area contributed by atoms with E-state index in [1.165, 1.54) is 30.2 Å². The highest BCUT2D eigenvalue weighted by Crippen LogP contribution is 2.30. The molecule has 0 spiro atoms. The molecule has 2 aliphatic rings. The first kappa shape index (κ1) is 23.5. The second-order valence-electron chi connectivity index (χ2n) is 8.61. The SMILES string of the molecule is CCc1c(C)sc2nc(SCC(=O)NCCC3=CCCCC3)n(CC3CCCO3)c(=O)c12. The van der Waals surface area contributed by atoms with Crippen molar-refractivity contribution < 1.29 is 9.53 Å². The van der Waals surface area contributed by atoms with E-state index >= 15 is 0 Å². The number of hydrogen-bond donors (Lipinski definition) is 1. The predicted octanol–water partition coefficient (Wildman–Crippen LogP) is 4.61. The molecule has 1 fully saturated rings. The van der Waals surface area contributed by atoms with Gasteiger partial charge in [0.2, 0.25) is 5.91 Å². The maximum atomic E-state index is 13.5. The van der Waals surface area contributed by atoms with Crippen LogP contribution in [0.4, 0.5) is 0 Å². The zero-order valence-corrected chi connectivity index (χ0v) is 20.7. The van der Waals surface area contributed by atoms with Crippen LogP contribution in [-0.2, 0) is 22.5 Å². The van der Waals surface area contributed by atoms with Crippen LogP contribution in [0.1, 0.15) is 62.3 Å². The number of hydrogen-bond acceptors (Lipinski definition) is 6. The highest BCUT2D eigenvalue weighted by atomic mass is 32.2. The fourth-order valence-corrected chi connectivity index (χ4v) is 6.59. The summed E-state index contributed by atoms with van der Waals surface area (Å²) in [5.41, 5.74) is 2.55. The summed E-state index contributed by atoms with van der Waals surface area (Å²) in [5, 5.41) is 4.39. The molecule has 32 heavy (non-hydrogen) atoms. The van der Waals surface area contributed by atoms with Crippen molar-refractivity contribution in [2.24, 2.45) is 0 Å². The van der Waals surface area contributed by atoms with Crippen molar-refractivity contribution in [1.29, 1.82) is 0 Å². The summed E-state index contributed by atoms with van der Waals surface area (Å²) in [6.07, 6.45) is 10.9. The fraction of sp³-hybridized carbons (Fsp3) is 0.625. The monoisotopic (exact) mass is 475 g/mol. The molecule has 174 valence electrons. The number of allylic oxidation sites excluding steroid dienone is 1. The molecule has 0 bridgehead atoms. The molecule has 1 aliphatic carbocycles. The Morgan fingerprint density at radius 2 is 2.25 bits per heavy atom. The van der Waals surface area contributed by atoms with Gasteiger partial charge in [-0.25, -0.2) is 4.98 Å². The highest BCUT2D eigenvalue weighted by Gasteiger charge is 2.23. The molecule has 1 saturated heterocycles. The van der Waals surface area contributed by atoms with Crippen LogP contribution in [-0.4, -0.2) is 40.5 Å². The van der Waals surface area contributed by atoms with Gasteiger partial charge in [0, 0.05) is 18.0 Å². The summed E-state index contributed by atoms with van der Waals surface area (Å²) >= 11 is 2.92. The number of fused-ring (bicyclic) bond motifs is 1. The first-order valence-electron chi connectivity index (χ1n) is 11.8. The summed E-state index contributed by atoms with van der Waals surface area (Å²) < 4.78 is 7.54. The number of thioether (sulfide) groups is 1. The second kappa shape index (κ2) is 11.0. The molecule has 0 aromatic carbocycles. The van der Waals surface area contributed by atoms with E-state index < -0.39 is 0 Å². The molecule has 0 saturated carbocycles. The number of thiophene rings is 1. The van der Waals surface area contributed by atoms with Crippen molar-refractivity contribution >= 4 is 39.2 Å².